The molecule has 2 aromatic rings. The van der Waals surface area contributed by atoms with E-state index in [1.165, 1.54) is 5.56 Å². The Kier molecular flexibility index (Phi) is 7.63. The Morgan fingerprint density at radius 3 is 2.45 bits per heavy atom. The minimum atomic E-state index is -0.139. The molecule has 154 valence electrons. The van der Waals surface area contributed by atoms with Gasteiger partial charge in [0.05, 0.1) is 6.54 Å². The molecule has 1 aliphatic rings. The molecule has 2 amide bonds. The van der Waals surface area contributed by atoms with Crippen LogP contribution in [-0.4, -0.2) is 60.9 Å². The van der Waals surface area contributed by atoms with Crippen molar-refractivity contribution in [2.75, 3.05) is 44.6 Å². The second kappa shape index (κ2) is 10.4. The predicted octanol–water partition coefficient (Wildman–Crippen LogP) is 2.85. The summed E-state index contributed by atoms with van der Waals surface area (Å²) in [6, 6.07) is 14.9. The molecular weight excluding hydrogens is 388 g/mol. The predicted molar refractivity (Wildman–Crippen MR) is 116 cm³/mol. The van der Waals surface area contributed by atoms with E-state index >= 15 is 0 Å². The van der Waals surface area contributed by atoms with Gasteiger partial charge in [0.25, 0.3) is 5.91 Å². The van der Waals surface area contributed by atoms with E-state index in [1.807, 2.05) is 25.1 Å². The highest BCUT2D eigenvalue weighted by molar-refractivity contribution is 6.30. The van der Waals surface area contributed by atoms with Gasteiger partial charge in [-0.3, -0.25) is 19.4 Å². The molecule has 2 aromatic carbocycles. The number of benzene rings is 2. The van der Waals surface area contributed by atoms with E-state index in [1.54, 1.807) is 24.3 Å². The number of hydrogen-bond donors (Lipinski definition) is 2. The Hall–Kier alpha value is -2.41. The monoisotopic (exact) mass is 414 g/mol. The van der Waals surface area contributed by atoms with E-state index < -0.39 is 0 Å². The maximum Gasteiger partial charge on any atom is 0.251 e. The molecule has 0 aliphatic carbocycles. The first-order chi connectivity index (χ1) is 14.0. The molecule has 29 heavy (non-hydrogen) atoms. The fourth-order valence-corrected chi connectivity index (χ4v) is 3.62. The molecule has 1 fully saturated rings. The second-order valence-electron chi connectivity index (χ2n) is 7.17. The topological polar surface area (TPSA) is 64.7 Å². The fraction of sp³-hybridized carbons (Fsp3) is 0.364. The Balaban J connectivity index is 1.45. The molecule has 0 saturated carbocycles. The molecule has 2 N–H and O–H groups in total. The third-order valence-corrected chi connectivity index (χ3v) is 5.11. The van der Waals surface area contributed by atoms with Crippen molar-refractivity contribution in [2.24, 2.45) is 0 Å². The van der Waals surface area contributed by atoms with Gasteiger partial charge in [-0.05, 0) is 42.8 Å². The molecule has 1 saturated heterocycles. The van der Waals surface area contributed by atoms with Crippen LogP contribution in [0.2, 0.25) is 5.02 Å². The summed E-state index contributed by atoms with van der Waals surface area (Å²) in [6.45, 7) is 7.15. The summed E-state index contributed by atoms with van der Waals surface area (Å²) in [7, 11) is 0. The van der Waals surface area contributed by atoms with E-state index in [2.05, 4.69) is 26.5 Å². The summed E-state index contributed by atoms with van der Waals surface area (Å²) < 4.78 is 0. The molecule has 6 nitrogen and oxygen atoms in total. The molecule has 0 bridgehead atoms. The van der Waals surface area contributed by atoms with Gasteiger partial charge in [0.1, 0.15) is 0 Å². The van der Waals surface area contributed by atoms with Crippen LogP contribution in [0.5, 0.6) is 0 Å². The lowest BCUT2D eigenvalue weighted by Crippen LogP contribution is -2.48. The van der Waals surface area contributed by atoms with Gasteiger partial charge >= 0.3 is 0 Å². The normalized spacial score (nSPS) is 15.1. The molecule has 0 radical (unpaired) electrons. The average Bonchev–Trinajstić information content (AvgIpc) is 2.70. The summed E-state index contributed by atoms with van der Waals surface area (Å²) in [4.78, 5) is 28.9. The van der Waals surface area contributed by atoms with Gasteiger partial charge in [0.2, 0.25) is 5.91 Å². The molecule has 0 aromatic heterocycles. The Labute approximate surface area is 176 Å². The number of anilines is 1. The number of halogens is 1. The van der Waals surface area contributed by atoms with Crippen LogP contribution in [0.3, 0.4) is 0 Å². The first-order valence-corrected chi connectivity index (χ1v) is 10.3. The Bertz CT molecular complexity index is 850. The van der Waals surface area contributed by atoms with Crippen LogP contribution in [0, 0.1) is 0 Å². The van der Waals surface area contributed by atoms with Crippen molar-refractivity contribution in [2.45, 2.75) is 13.5 Å². The van der Waals surface area contributed by atoms with Crippen molar-refractivity contribution >= 4 is 29.1 Å². The SMILES string of the molecule is CCNC(=O)c1cccc(NC(=O)CN2CCN(Cc3cccc(Cl)c3)CC2)c1. The minimum absolute atomic E-state index is 0.0682. The molecule has 1 heterocycles. The third-order valence-electron chi connectivity index (χ3n) is 4.87. The number of rotatable bonds is 7. The summed E-state index contributed by atoms with van der Waals surface area (Å²) >= 11 is 6.06. The summed E-state index contributed by atoms with van der Waals surface area (Å²) in [5.74, 6) is -0.208. The lowest BCUT2D eigenvalue weighted by Gasteiger charge is -2.34. The van der Waals surface area contributed by atoms with Gasteiger partial charge < -0.3 is 10.6 Å². The van der Waals surface area contributed by atoms with Gasteiger partial charge in [0, 0.05) is 55.5 Å². The molecular formula is C22H27ClN4O2. The molecule has 1 aliphatic heterocycles. The highest BCUT2D eigenvalue weighted by Gasteiger charge is 2.19. The quantitative estimate of drug-likeness (QED) is 0.731. The van der Waals surface area contributed by atoms with Crippen LogP contribution in [0.4, 0.5) is 5.69 Å². The van der Waals surface area contributed by atoms with E-state index in [4.69, 9.17) is 11.6 Å². The number of nitrogens with one attached hydrogen (secondary N) is 2. The van der Waals surface area contributed by atoms with Gasteiger partial charge in [0.15, 0.2) is 0 Å². The highest BCUT2D eigenvalue weighted by Crippen LogP contribution is 2.14. The first-order valence-electron chi connectivity index (χ1n) is 9.91. The number of amides is 2. The van der Waals surface area contributed by atoms with Crippen molar-refractivity contribution in [1.82, 2.24) is 15.1 Å². The van der Waals surface area contributed by atoms with Gasteiger partial charge in [-0.25, -0.2) is 0 Å². The van der Waals surface area contributed by atoms with Crippen LogP contribution >= 0.6 is 11.6 Å². The second-order valence-corrected chi connectivity index (χ2v) is 7.61. The highest BCUT2D eigenvalue weighted by atomic mass is 35.5. The van der Waals surface area contributed by atoms with Gasteiger partial charge in [-0.15, -0.1) is 0 Å². The number of piperazine rings is 1. The smallest absolute Gasteiger partial charge is 0.251 e. The number of hydrogen-bond acceptors (Lipinski definition) is 4. The van der Waals surface area contributed by atoms with Crippen molar-refractivity contribution in [1.29, 1.82) is 0 Å². The molecule has 0 unspecified atom stereocenters. The zero-order valence-electron chi connectivity index (χ0n) is 16.7. The number of nitrogens with zero attached hydrogens (tertiary/aromatic N) is 2. The van der Waals surface area contributed by atoms with E-state index in [9.17, 15) is 9.59 Å². The Morgan fingerprint density at radius 2 is 1.72 bits per heavy atom. The van der Waals surface area contributed by atoms with E-state index in [0.29, 0.717) is 24.3 Å². The van der Waals surface area contributed by atoms with Crippen LogP contribution in [-0.2, 0) is 11.3 Å². The van der Waals surface area contributed by atoms with Crippen molar-refractivity contribution in [3.63, 3.8) is 0 Å². The average molecular weight is 415 g/mol. The van der Waals surface area contributed by atoms with Gasteiger partial charge in [-0.1, -0.05) is 29.8 Å². The van der Waals surface area contributed by atoms with Crippen molar-refractivity contribution in [3.05, 3.63) is 64.7 Å². The van der Waals surface area contributed by atoms with Crippen LogP contribution in [0.25, 0.3) is 0 Å². The molecule has 3 rings (SSSR count). The van der Waals surface area contributed by atoms with Crippen LogP contribution in [0.15, 0.2) is 48.5 Å². The summed E-state index contributed by atoms with van der Waals surface area (Å²) in [6.07, 6.45) is 0. The minimum Gasteiger partial charge on any atom is -0.352 e. The zero-order valence-corrected chi connectivity index (χ0v) is 17.4. The van der Waals surface area contributed by atoms with Crippen LogP contribution < -0.4 is 10.6 Å². The van der Waals surface area contributed by atoms with Crippen molar-refractivity contribution in [3.8, 4) is 0 Å². The molecule has 7 heteroatoms. The van der Waals surface area contributed by atoms with E-state index in [-0.39, 0.29) is 11.8 Å². The molecule has 0 atom stereocenters. The maximum atomic E-state index is 12.4. The fourth-order valence-electron chi connectivity index (χ4n) is 3.40. The van der Waals surface area contributed by atoms with E-state index in [0.717, 1.165) is 37.7 Å². The zero-order chi connectivity index (χ0) is 20.6. The summed E-state index contributed by atoms with van der Waals surface area (Å²) in [5, 5.41) is 6.41. The number of carbonyl (C=O) groups excluding carboxylic acids is 2. The van der Waals surface area contributed by atoms with Crippen molar-refractivity contribution < 1.29 is 9.59 Å². The first kappa shape index (κ1) is 21.3. The standard InChI is InChI=1S/C22H27ClN4O2/c1-2-24-22(29)18-6-4-8-20(14-18)25-21(28)16-27-11-9-26(10-12-27)15-17-5-3-7-19(23)13-17/h3-8,13-14H,2,9-12,15-16H2,1H3,(H,24,29)(H,25,28). The maximum absolute atomic E-state index is 12.4. The third kappa shape index (κ3) is 6.56. The lowest BCUT2D eigenvalue weighted by atomic mass is 10.2. The lowest BCUT2D eigenvalue weighted by molar-refractivity contribution is -0.117. The number of carbonyl (C=O) groups is 2. The summed E-state index contributed by atoms with van der Waals surface area (Å²) in [5.41, 5.74) is 2.38. The van der Waals surface area contributed by atoms with Crippen LogP contribution in [0.1, 0.15) is 22.8 Å². The Morgan fingerprint density at radius 1 is 1.00 bits per heavy atom. The largest absolute Gasteiger partial charge is 0.352 e. The molecule has 0 spiro atoms. The van der Waals surface area contributed by atoms with Gasteiger partial charge in [-0.2, -0.15) is 0 Å².